The molecule has 3 rings (SSSR count). The van der Waals surface area contributed by atoms with E-state index in [1.807, 2.05) is 0 Å². The van der Waals surface area contributed by atoms with Crippen molar-refractivity contribution >= 4 is 5.91 Å². The van der Waals surface area contributed by atoms with E-state index in [0.29, 0.717) is 29.6 Å². The average Bonchev–Trinajstić information content (AvgIpc) is 3.03. The van der Waals surface area contributed by atoms with Gasteiger partial charge in [-0.3, -0.25) is 4.79 Å². The van der Waals surface area contributed by atoms with Crippen molar-refractivity contribution in [1.82, 2.24) is 4.90 Å². The van der Waals surface area contributed by atoms with E-state index in [1.54, 1.807) is 0 Å². The normalized spacial score (nSPS) is 46.9. The van der Waals surface area contributed by atoms with E-state index >= 15 is 0 Å². The van der Waals surface area contributed by atoms with Crippen LogP contribution in [0.15, 0.2) is 0 Å². The Morgan fingerprint density at radius 2 is 1.87 bits per heavy atom. The van der Waals surface area contributed by atoms with Gasteiger partial charge in [0, 0.05) is 19.0 Å². The van der Waals surface area contributed by atoms with Crippen LogP contribution in [-0.2, 0) is 4.79 Å². The molecule has 2 aliphatic carbocycles. The van der Waals surface area contributed by atoms with Gasteiger partial charge in [-0.2, -0.15) is 0 Å². The summed E-state index contributed by atoms with van der Waals surface area (Å²) < 4.78 is 0. The maximum absolute atomic E-state index is 12.2. The lowest BCUT2D eigenvalue weighted by Gasteiger charge is -2.18. The second-order valence-corrected chi connectivity index (χ2v) is 6.21. The van der Waals surface area contributed by atoms with Crippen LogP contribution in [0.25, 0.3) is 0 Å². The van der Waals surface area contributed by atoms with Gasteiger partial charge >= 0.3 is 0 Å². The summed E-state index contributed by atoms with van der Waals surface area (Å²) in [6.45, 7) is 8.87. The van der Waals surface area contributed by atoms with Crippen LogP contribution in [0.3, 0.4) is 0 Å². The van der Waals surface area contributed by atoms with Gasteiger partial charge in [0.15, 0.2) is 0 Å². The average molecular weight is 207 g/mol. The third-order valence-electron chi connectivity index (χ3n) is 4.79. The Morgan fingerprint density at radius 3 is 2.33 bits per heavy atom. The van der Waals surface area contributed by atoms with Crippen LogP contribution in [0.5, 0.6) is 0 Å². The fourth-order valence-electron chi connectivity index (χ4n) is 3.69. The van der Waals surface area contributed by atoms with Crippen LogP contribution in [0.4, 0.5) is 0 Å². The zero-order chi connectivity index (χ0) is 10.7. The quantitative estimate of drug-likeness (QED) is 0.678. The number of hydrogen-bond acceptors (Lipinski definition) is 1. The summed E-state index contributed by atoms with van der Waals surface area (Å²) in [5.74, 6) is 4.55. The largest absolute Gasteiger partial charge is 0.342 e. The van der Waals surface area contributed by atoms with E-state index in [1.165, 1.54) is 6.42 Å². The molecular weight excluding hydrogens is 186 g/mol. The molecule has 2 nitrogen and oxygen atoms in total. The Labute approximate surface area is 92.0 Å². The topological polar surface area (TPSA) is 20.3 Å². The minimum absolute atomic E-state index is 0.363. The minimum Gasteiger partial charge on any atom is -0.342 e. The lowest BCUT2D eigenvalue weighted by Crippen LogP contribution is -2.32. The van der Waals surface area contributed by atoms with Crippen LogP contribution in [0, 0.1) is 35.5 Å². The Bertz CT molecular complexity index is 289. The first-order chi connectivity index (χ1) is 7.09. The molecule has 0 aromatic carbocycles. The first kappa shape index (κ1) is 9.68. The van der Waals surface area contributed by atoms with Gasteiger partial charge in [-0.05, 0) is 36.0 Å². The molecule has 84 valence electrons. The number of carbonyl (C=O) groups excluding carboxylic acids is 1. The first-order valence-corrected chi connectivity index (χ1v) is 6.38. The summed E-state index contributed by atoms with van der Waals surface area (Å²) in [6.07, 6.45) is 1.39. The molecule has 1 aliphatic heterocycles. The zero-order valence-electron chi connectivity index (χ0n) is 9.94. The van der Waals surface area contributed by atoms with E-state index in [-0.39, 0.29) is 0 Å². The molecule has 0 spiro atoms. The zero-order valence-corrected chi connectivity index (χ0v) is 9.94. The summed E-state index contributed by atoms with van der Waals surface area (Å²) >= 11 is 0. The molecule has 1 amide bonds. The maximum atomic E-state index is 12.2. The first-order valence-electron chi connectivity index (χ1n) is 6.38. The van der Waals surface area contributed by atoms with E-state index in [4.69, 9.17) is 0 Å². The summed E-state index contributed by atoms with van der Waals surface area (Å²) in [7, 11) is 0. The highest BCUT2D eigenvalue weighted by Crippen LogP contribution is 2.53. The van der Waals surface area contributed by atoms with E-state index < -0.39 is 0 Å². The number of likely N-dealkylation sites (tertiary alicyclic amines) is 1. The molecule has 0 N–H and O–H groups in total. The van der Waals surface area contributed by atoms with Crippen LogP contribution in [0.1, 0.15) is 27.2 Å². The van der Waals surface area contributed by atoms with Crippen molar-refractivity contribution in [2.24, 2.45) is 35.5 Å². The monoisotopic (exact) mass is 207 g/mol. The third kappa shape index (κ3) is 1.41. The number of piperidine rings is 1. The maximum Gasteiger partial charge on any atom is 0.226 e. The van der Waals surface area contributed by atoms with Crippen molar-refractivity contribution in [3.63, 3.8) is 0 Å². The molecule has 0 aromatic rings. The van der Waals surface area contributed by atoms with Gasteiger partial charge in [0.25, 0.3) is 0 Å². The van der Waals surface area contributed by atoms with Gasteiger partial charge in [0.05, 0.1) is 0 Å². The Kier molecular flexibility index (Phi) is 1.93. The lowest BCUT2D eigenvalue weighted by atomic mass is 10.1. The second kappa shape index (κ2) is 2.99. The van der Waals surface area contributed by atoms with Gasteiger partial charge in [-0.1, -0.05) is 20.8 Å². The van der Waals surface area contributed by atoms with Crippen LogP contribution >= 0.6 is 0 Å². The van der Waals surface area contributed by atoms with E-state index in [9.17, 15) is 4.79 Å². The van der Waals surface area contributed by atoms with Crippen molar-refractivity contribution in [2.45, 2.75) is 27.2 Å². The molecule has 5 unspecified atom stereocenters. The standard InChI is InChI=1S/C13H21NO/c1-7(2)11-8(3)12(11)13(15)14-5-9-4-10(9)6-14/h7-12H,4-6H2,1-3H3. The van der Waals surface area contributed by atoms with Crippen LogP contribution in [-0.4, -0.2) is 23.9 Å². The molecule has 2 heteroatoms. The van der Waals surface area contributed by atoms with Gasteiger partial charge in [-0.15, -0.1) is 0 Å². The van der Waals surface area contributed by atoms with Crippen LogP contribution in [0.2, 0.25) is 0 Å². The van der Waals surface area contributed by atoms with Gasteiger partial charge in [-0.25, -0.2) is 0 Å². The number of amides is 1. The molecular formula is C13H21NO. The lowest BCUT2D eigenvalue weighted by molar-refractivity contribution is -0.132. The molecule has 0 bridgehead atoms. The fourth-order valence-corrected chi connectivity index (χ4v) is 3.69. The second-order valence-electron chi connectivity index (χ2n) is 6.21. The molecule has 15 heavy (non-hydrogen) atoms. The number of carbonyl (C=O) groups is 1. The Morgan fingerprint density at radius 1 is 1.27 bits per heavy atom. The third-order valence-corrected chi connectivity index (χ3v) is 4.79. The number of fused-ring (bicyclic) bond motifs is 1. The molecule has 3 fully saturated rings. The summed E-state index contributed by atoms with van der Waals surface area (Å²) in [6, 6.07) is 0. The van der Waals surface area contributed by atoms with Gasteiger partial charge < -0.3 is 4.90 Å². The Hall–Kier alpha value is -0.530. The molecule has 0 radical (unpaired) electrons. The van der Waals surface area contributed by atoms with Gasteiger partial charge in [0.2, 0.25) is 5.91 Å². The highest BCUT2D eigenvalue weighted by molar-refractivity contribution is 5.82. The van der Waals surface area contributed by atoms with Crippen LogP contribution < -0.4 is 0 Å². The molecule has 1 heterocycles. The number of nitrogens with zero attached hydrogens (tertiary/aromatic N) is 1. The van der Waals surface area contributed by atoms with E-state index in [2.05, 4.69) is 25.7 Å². The molecule has 2 saturated carbocycles. The number of hydrogen-bond donors (Lipinski definition) is 0. The molecule has 5 atom stereocenters. The summed E-state index contributed by atoms with van der Waals surface area (Å²) in [4.78, 5) is 14.4. The highest BCUT2D eigenvalue weighted by Gasteiger charge is 2.56. The predicted molar refractivity (Wildman–Crippen MR) is 59.2 cm³/mol. The van der Waals surface area contributed by atoms with Crippen molar-refractivity contribution in [3.05, 3.63) is 0 Å². The summed E-state index contributed by atoms with van der Waals surface area (Å²) in [5, 5.41) is 0. The van der Waals surface area contributed by atoms with Crippen molar-refractivity contribution in [2.75, 3.05) is 13.1 Å². The Balaban J connectivity index is 1.61. The van der Waals surface area contributed by atoms with E-state index in [0.717, 1.165) is 24.9 Å². The summed E-state index contributed by atoms with van der Waals surface area (Å²) in [5.41, 5.74) is 0. The SMILES string of the molecule is CC(C)C1C(C)C1C(=O)N1CC2CC2C1. The molecule has 0 aromatic heterocycles. The van der Waals surface area contributed by atoms with Crippen molar-refractivity contribution in [1.29, 1.82) is 0 Å². The fraction of sp³-hybridized carbons (Fsp3) is 0.923. The number of rotatable bonds is 2. The minimum atomic E-state index is 0.363. The van der Waals surface area contributed by atoms with Gasteiger partial charge in [0.1, 0.15) is 0 Å². The predicted octanol–water partition coefficient (Wildman–Crippen LogP) is 2.00. The van der Waals surface area contributed by atoms with Crippen molar-refractivity contribution in [3.8, 4) is 0 Å². The van der Waals surface area contributed by atoms with Crippen molar-refractivity contribution < 1.29 is 4.79 Å². The smallest absolute Gasteiger partial charge is 0.226 e. The molecule has 1 saturated heterocycles. The molecule has 3 aliphatic rings. The highest BCUT2D eigenvalue weighted by atomic mass is 16.2.